The number of β-lactam (4-membered cyclic amide) rings is 1. The minimum atomic E-state index is -1.24. The van der Waals surface area contributed by atoms with Crippen LogP contribution in [0.2, 0.25) is 0 Å². The van der Waals surface area contributed by atoms with Gasteiger partial charge < -0.3 is 19.7 Å². The first-order valence-corrected chi connectivity index (χ1v) is 10.5. The van der Waals surface area contributed by atoms with Crippen LogP contribution in [0.25, 0.3) is 0 Å². The van der Waals surface area contributed by atoms with Gasteiger partial charge in [-0.25, -0.2) is 9.59 Å². The number of nitrogens with one attached hydrogen (secondary N) is 1. The van der Waals surface area contributed by atoms with E-state index in [1.807, 2.05) is 0 Å². The Morgan fingerprint density at radius 3 is 2.56 bits per heavy atom. The molecule has 4 atom stereocenters. The second kappa shape index (κ2) is 9.37. The van der Waals surface area contributed by atoms with Crippen LogP contribution in [0.5, 0.6) is 0 Å². The summed E-state index contributed by atoms with van der Waals surface area (Å²) in [5.74, 6) is -2.00. The van der Waals surface area contributed by atoms with Crippen LogP contribution < -0.4 is 5.32 Å². The smallest absolute Gasteiger partial charge is 0.335 e. The number of carbonyl (C=O) groups excluding carboxylic acids is 5. The summed E-state index contributed by atoms with van der Waals surface area (Å²) >= 11 is 1.11. The Labute approximate surface area is 188 Å². The number of aliphatic imine (C=N–C) groups is 1. The van der Waals surface area contributed by atoms with Gasteiger partial charge in [0.25, 0.3) is 12.4 Å². The molecule has 2 heterocycles. The molecule has 1 saturated heterocycles. The number of benzene rings is 1. The summed E-state index contributed by atoms with van der Waals surface area (Å²) < 4.78 is 10.3. The van der Waals surface area contributed by atoms with Crippen LogP contribution in [0.1, 0.15) is 32.4 Å². The molecule has 3 rings (SSSR count). The second-order valence-corrected chi connectivity index (χ2v) is 8.95. The summed E-state index contributed by atoms with van der Waals surface area (Å²) in [7, 11) is 0. The lowest BCUT2D eigenvalue weighted by atomic mass is 10.00. The number of esters is 1. The van der Waals surface area contributed by atoms with Crippen molar-refractivity contribution in [2.24, 2.45) is 4.99 Å². The number of fused-ring (bicyclic) bond motifs is 1. The van der Waals surface area contributed by atoms with E-state index in [9.17, 15) is 24.0 Å². The molecule has 2 amide bonds. The first-order valence-electron chi connectivity index (χ1n) is 9.61. The summed E-state index contributed by atoms with van der Waals surface area (Å²) in [6, 6.07) is 6.13. The summed E-state index contributed by atoms with van der Waals surface area (Å²) in [5.41, 5.74) is -0.365. The molecule has 10 nitrogen and oxygen atoms in total. The molecule has 3 unspecified atom stereocenters. The Hall–Kier alpha value is -3.43. The molecule has 1 aromatic carbocycles. The maximum absolute atomic E-state index is 12.9. The highest BCUT2D eigenvalue weighted by atomic mass is 32.2. The Balaban J connectivity index is 1.80. The van der Waals surface area contributed by atoms with E-state index in [-0.39, 0.29) is 12.2 Å². The van der Waals surface area contributed by atoms with Gasteiger partial charge >= 0.3 is 5.97 Å². The lowest BCUT2D eigenvalue weighted by Gasteiger charge is -2.51. The van der Waals surface area contributed by atoms with Crippen LogP contribution in [-0.2, 0) is 33.4 Å². The predicted molar refractivity (Wildman–Crippen MR) is 112 cm³/mol. The van der Waals surface area contributed by atoms with E-state index in [0.29, 0.717) is 5.56 Å². The maximum atomic E-state index is 12.9. The fourth-order valence-corrected chi connectivity index (χ4v) is 4.48. The zero-order chi connectivity index (χ0) is 23.5. The molecule has 0 spiro atoms. The molecule has 1 aromatic rings. The Bertz CT molecular complexity index is 998. The normalized spacial score (nSPS) is 22.8. The van der Waals surface area contributed by atoms with Crippen LogP contribution in [0, 0.1) is 0 Å². The number of nitrogens with zero attached hydrogens (tertiary/aromatic N) is 2. The molecule has 0 saturated carbocycles. The van der Waals surface area contributed by atoms with Gasteiger partial charge in [0.2, 0.25) is 18.1 Å². The van der Waals surface area contributed by atoms with E-state index in [2.05, 4.69) is 10.3 Å². The van der Waals surface area contributed by atoms with Crippen molar-refractivity contribution < 1.29 is 33.4 Å². The molecule has 11 heteroatoms. The largest absolute Gasteiger partial charge is 0.458 e. The van der Waals surface area contributed by atoms with Crippen LogP contribution >= 0.6 is 11.8 Å². The number of thioether (sulfide) groups is 1. The number of amides is 2. The fraction of sp³-hybridized carbons (Fsp3) is 0.381. The number of rotatable bonds is 7. The van der Waals surface area contributed by atoms with Gasteiger partial charge in [-0.15, -0.1) is 11.8 Å². The molecule has 32 heavy (non-hydrogen) atoms. The standard InChI is InChI=1S/C21H21N3O7S/c1-21(2,3)31-20(29)15-13(22-10-25)9-32-19-14(18(28)24(15)19)23-17(27)16(30-11-26)12-7-5-4-6-8-12/h4-9,11,14-16,19H,1-3H3,(H,23,27)/t14?,15?,16?,19-/m0/s1. The maximum Gasteiger partial charge on any atom is 0.335 e. The molecule has 2 aliphatic rings. The number of ether oxygens (including phenoxy) is 2. The van der Waals surface area contributed by atoms with Crippen molar-refractivity contribution in [3.63, 3.8) is 0 Å². The highest BCUT2D eigenvalue weighted by Gasteiger charge is 2.57. The second-order valence-electron chi connectivity index (χ2n) is 7.96. The topological polar surface area (TPSA) is 131 Å². The van der Waals surface area contributed by atoms with Crippen LogP contribution in [0.15, 0.2) is 46.4 Å². The van der Waals surface area contributed by atoms with E-state index in [1.54, 1.807) is 51.1 Å². The van der Waals surface area contributed by atoms with Crippen molar-refractivity contribution in [2.75, 3.05) is 0 Å². The molecule has 0 bridgehead atoms. The SMILES string of the molecule is CC(C)(C)OC(=O)C1C(N=C=O)=CS[C@H]2C(NC(=O)C(OC=O)c3ccccc3)C(=O)N12. The summed E-state index contributed by atoms with van der Waals surface area (Å²) in [6.45, 7) is 5.17. The van der Waals surface area contributed by atoms with Gasteiger partial charge in [-0.2, -0.15) is 4.99 Å². The number of isocyanates is 1. The van der Waals surface area contributed by atoms with E-state index in [1.165, 1.54) is 16.4 Å². The van der Waals surface area contributed by atoms with Crippen molar-refractivity contribution in [2.45, 2.75) is 49.9 Å². The Morgan fingerprint density at radius 2 is 1.97 bits per heavy atom. The number of carbonyl (C=O) groups is 4. The molecular formula is C21H21N3O7S. The van der Waals surface area contributed by atoms with Crippen LogP contribution in [0.3, 0.4) is 0 Å². The van der Waals surface area contributed by atoms with Gasteiger partial charge in [0.15, 0.2) is 6.04 Å². The first-order chi connectivity index (χ1) is 15.2. The lowest BCUT2D eigenvalue weighted by Crippen LogP contribution is -2.74. The summed E-state index contributed by atoms with van der Waals surface area (Å²) in [6.07, 6.45) is 0.139. The number of hydrogen-bond donors (Lipinski definition) is 1. The molecular weight excluding hydrogens is 438 g/mol. The quantitative estimate of drug-likeness (QED) is 0.211. The molecule has 0 aliphatic carbocycles. The van der Waals surface area contributed by atoms with Crippen LogP contribution in [0.4, 0.5) is 0 Å². The van der Waals surface area contributed by atoms with Gasteiger partial charge in [0.05, 0.1) is 5.70 Å². The zero-order valence-corrected chi connectivity index (χ0v) is 18.3. The molecule has 1 fully saturated rings. The highest BCUT2D eigenvalue weighted by molar-refractivity contribution is 8.02. The molecule has 0 aromatic heterocycles. The van der Waals surface area contributed by atoms with Gasteiger partial charge in [0, 0.05) is 5.56 Å². The van der Waals surface area contributed by atoms with Crippen LogP contribution in [-0.4, -0.2) is 58.3 Å². The van der Waals surface area contributed by atoms with Crippen molar-refractivity contribution in [3.8, 4) is 0 Å². The minimum Gasteiger partial charge on any atom is -0.458 e. The number of hydrogen-bond acceptors (Lipinski definition) is 9. The average molecular weight is 459 g/mol. The summed E-state index contributed by atoms with van der Waals surface area (Å²) in [4.78, 5) is 64.9. The van der Waals surface area contributed by atoms with E-state index >= 15 is 0 Å². The Morgan fingerprint density at radius 1 is 1.28 bits per heavy atom. The third-order valence-electron chi connectivity index (χ3n) is 4.60. The van der Waals surface area contributed by atoms with Gasteiger partial charge in [-0.05, 0) is 26.2 Å². The molecule has 1 N–H and O–H groups in total. The highest BCUT2D eigenvalue weighted by Crippen LogP contribution is 2.41. The minimum absolute atomic E-state index is 0.0278. The van der Waals surface area contributed by atoms with Crippen molar-refractivity contribution in [3.05, 3.63) is 47.0 Å². The lowest BCUT2D eigenvalue weighted by molar-refractivity contribution is -0.170. The molecule has 2 aliphatic heterocycles. The summed E-state index contributed by atoms with van der Waals surface area (Å²) in [5, 5.41) is 3.40. The van der Waals surface area contributed by atoms with Crippen molar-refractivity contribution in [1.29, 1.82) is 0 Å². The van der Waals surface area contributed by atoms with E-state index in [0.717, 1.165) is 11.8 Å². The van der Waals surface area contributed by atoms with Crippen molar-refractivity contribution in [1.82, 2.24) is 10.2 Å². The fourth-order valence-electron chi connectivity index (χ4n) is 3.32. The average Bonchev–Trinajstić information content (AvgIpc) is 2.74. The third kappa shape index (κ3) is 4.74. The van der Waals surface area contributed by atoms with Gasteiger partial charge in [0.1, 0.15) is 17.0 Å². The van der Waals surface area contributed by atoms with Gasteiger partial charge in [-0.1, -0.05) is 30.3 Å². The molecule has 0 radical (unpaired) electrons. The van der Waals surface area contributed by atoms with E-state index in [4.69, 9.17) is 9.47 Å². The van der Waals surface area contributed by atoms with Gasteiger partial charge in [-0.3, -0.25) is 14.4 Å². The van der Waals surface area contributed by atoms with E-state index < -0.39 is 46.9 Å². The van der Waals surface area contributed by atoms with Crippen molar-refractivity contribution >= 4 is 42.1 Å². The third-order valence-corrected chi connectivity index (χ3v) is 5.76. The zero-order valence-electron chi connectivity index (χ0n) is 17.5. The predicted octanol–water partition coefficient (Wildman–Crippen LogP) is 1.19. The monoisotopic (exact) mass is 459 g/mol. The Kier molecular flexibility index (Phi) is 6.81. The molecule has 168 valence electrons. The first kappa shape index (κ1) is 23.2.